The van der Waals surface area contributed by atoms with Gasteiger partial charge in [-0.3, -0.25) is 0 Å². The molecule has 0 saturated heterocycles. The third kappa shape index (κ3) is 4.38. The van der Waals surface area contributed by atoms with Gasteiger partial charge in [-0.15, -0.1) is 0 Å². The van der Waals surface area contributed by atoms with Gasteiger partial charge in [-0.05, 0) is 79.6 Å². The molecule has 5 aromatic carbocycles. The van der Waals surface area contributed by atoms with Crippen molar-refractivity contribution in [2.75, 3.05) is 4.90 Å². The second-order valence-corrected chi connectivity index (χ2v) is 11.0. The maximum atomic E-state index is 2.32. The first-order valence-electron chi connectivity index (χ1n) is 11.8. The lowest BCUT2D eigenvalue weighted by Gasteiger charge is -2.26. The first-order valence-corrected chi connectivity index (χ1v) is 13.4. The van der Waals surface area contributed by atoms with E-state index in [9.17, 15) is 0 Å². The van der Waals surface area contributed by atoms with Gasteiger partial charge in [0, 0.05) is 36.6 Å². The molecule has 3 heteroatoms. The first kappa shape index (κ1) is 22.1. The molecule has 0 amide bonds. The van der Waals surface area contributed by atoms with Crippen LogP contribution in [-0.2, 0) is 0 Å². The summed E-state index contributed by atoms with van der Waals surface area (Å²) in [5, 5.41) is 0. The Bertz CT molecular complexity index is 1440. The van der Waals surface area contributed by atoms with Gasteiger partial charge < -0.3 is 4.90 Å². The molecule has 0 unspecified atom stereocenters. The maximum absolute atomic E-state index is 2.32. The van der Waals surface area contributed by atoms with Crippen molar-refractivity contribution >= 4 is 40.6 Å². The van der Waals surface area contributed by atoms with E-state index in [0.717, 1.165) is 17.1 Å². The molecule has 0 saturated carbocycles. The highest BCUT2D eigenvalue weighted by Gasteiger charge is 2.20. The number of fused-ring (bicyclic) bond motifs is 2. The molecule has 0 fully saturated rings. The van der Waals surface area contributed by atoms with Crippen LogP contribution >= 0.6 is 23.5 Å². The lowest BCUT2D eigenvalue weighted by atomic mass is 10.0. The zero-order chi connectivity index (χ0) is 23.8. The summed E-state index contributed by atoms with van der Waals surface area (Å²) in [6.45, 7) is 4.26. The van der Waals surface area contributed by atoms with Crippen LogP contribution in [0.1, 0.15) is 11.1 Å². The van der Waals surface area contributed by atoms with Crippen molar-refractivity contribution < 1.29 is 0 Å². The summed E-state index contributed by atoms with van der Waals surface area (Å²) in [5.74, 6) is 0. The van der Waals surface area contributed by atoms with Crippen LogP contribution in [0.15, 0.2) is 135 Å². The second-order valence-electron chi connectivity index (χ2n) is 8.84. The van der Waals surface area contributed by atoms with Gasteiger partial charge in [0.05, 0.1) is 0 Å². The summed E-state index contributed by atoms with van der Waals surface area (Å²) in [4.78, 5) is 7.67. The molecular weight excluding hydrogens is 462 g/mol. The Morgan fingerprint density at radius 2 is 0.943 bits per heavy atom. The van der Waals surface area contributed by atoms with Crippen LogP contribution in [0.2, 0.25) is 0 Å². The van der Waals surface area contributed by atoms with Crippen LogP contribution in [0, 0.1) is 13.8 Å². The maximum Gasteiger partial charge on any atom is 0.0462 e. The quantitative estimate of drug-likeness (QED) is 0.243. The Labute approximate surface area is 215 Å². The zero-order valence-corrected chi connectivity index (χ0v) is 21.4. The summed E-state index contributed by atoms with van der Waals surface area (Å²) in [6, 6.07) is 41.8. The van der Waals surface area contributed by atoms with E-state index in [-0.39, 0.29) is 0 Å². The molecule has 6 rings (SSSR count). The molecule has 0 radical (unpaired) electrons. The molecule has 0 spiro atoms. The van der Waals surface area contributed by atoms with E-state index >= 15 is 0 Å². The van der Waals surface area contributed by atoms with Crippen LogP contribution in [0.4, 0.5) is 17.1 Å². The fourth-order valence-electron chi connectivity index (χ4n) is 4.40. The third-order valence-electron chi connectivity index (χ3n) is 6.28. The number of nitrogens with zero attached hydrogens (tertiary/aromatic N) is 1. The van der Waals surface area contributed by atoms with Crippen LogP contribution in [-0.4, -0.2) is 0 Å². The largest absolute Gasteiger partial charge is 0.311 e. The van der Waals surface area contributed by atoms with Crippen molar-refractivity contribution in [2.45, 2.75) is 33.4 Å². The minimum atomic E-state index is 1.15. The van der Waals surface area contributed by atoms with Crippen molar-refractivity contribution in [3.63, 3.8) is 0 Å². The number of aryl methyl sites for hydroxylation is 2. The van der Waals surface area contributed by atoms with E-state index in [4.69, 9.17) is 0 Å². The monoisotopic (exact) mass is 487 g/mol. The van der Waals surface area contributed by atoms with E-state index in [2.05, 4.69) is 134 Å². The number of benzene rings is 5. The Hall–Kier alpha value is -3.40. The van der Waals surface area contributed by atoms with Crippen LogP contribution < -0.4 is 4.90 Å². The average Bonchev–Trinajstić information content (AvgIpc) is 2.90. The Morgan fingerprint density at radius 3 is 1.51 bits per heavy atom. The smallest absolute Gasteiger partial charge is 0.0462 e. The topological polar surface area (TPSA) is 3.24 Å². The Balaban J connectivity index is 1.39. The number of hydrogen-bond donors (Lipinski definition) is 0. The molecule has 170 valence electrons. The van der Waals surface area contributed by atoms with Gasteiger partial charge >= 0.3 is 0 Å². The highest BCUT2D eigenvalue weighted by molar-refractivity contribution is 8.05. The Kier molecular flexibility index (Phi) is 5.89. The van der Waals surface area contributed by atoms with Crippen molar-refractivity contribution in [2.24, 2.45) is 0 Å². The minimum absolute atomic E-state index is 1.15. The number of hydrogen-bond acceptors (Lipinski definition) is 3. The third-order valence-corrected chi connectivity index (χ3v) is 8.90. The van der Waals surface area contributed by atoms with Crippen LogP contribution in [0.5, 0.6) is 0 Å². The molecule has 1 aliphatic heterocycles. The molecule has 0 bridgehead atoms. The first-order chi connectivity index (χ1) is 17.2. The summed E-state index contributed by atoms with van der Waals surface area (Å²) in [7, 11) is 0. The molecular formula is C32H25NS2. The summed E-state index contributed by atoms with van der Waals surface area (Å²) < 4.78 is 0. The fourth-order valence-corrected chi connectivity index (χ4v) is 6.80. The second kappa shape index (κ2) is 9.33. The van der Waals surface area contributed by atoms with Gasteiger partial charge in [-0.2, -0.15) is 0 Å². The van der Waals surface area contributed by atoms with Gasteiger partial charge in [-0.25, -0.2) is 0 Å². The van der Waals surface area contributed by atoms with Gasteiger partial charge in [-0.1, -0.05) is 95.3 Å². The molecule has 1 aliphatic rings. The highest BCUT2D eigenvalue weighted by Crippen LogP contribution is 2.51. The predicted molar refractivity (Wildman–Crippen MR) is 151 cm³/mol. The van der Waals surface area contributed by atoms with Crippen molar-refractivity contribution in [1.29, 1.82) is 0 Å². The fraction of sp³-hybridized carbons (Fsp3) is 0.0625. The number of anilines is 3. The molecule has 0 aliphatic carbocycles. The summed E-state index contributed by atoms with van der Waals surface area (Å²) in [5.41, 5.74) is 8.53. The molecule has 35 heavy (non-hydrogen) atoms. The molecule has 1 heterocycles. The van der Waals surface area contributed by atoms with E-state index in [1.165, 1.54) is 41.8 Å². The molecule has 0 N–H and O–H groups in total. The standard InChI is InChI=1S/C32H25NS2/c1-22-10-16-25(17-11-22)33(26-18-12-23(2)13-19-26)27-20-14-24(15-21-27)28-6-5-9-31-32(28)35-30-8-4-3-7-29(30)34-31/h3-21H,1-2H3. The van der Waals surface area contributed by atoms with Gasteiger partial charge in [0.25, 0.3) is 0 Å². The van der Waals surface area contributed by atoms with E-state index in [0.29, 0.717) is 0 Å². The van der Waals surface area contributed by atoms with Crippen molar-refractivity contribution in [1.82, 2.24) is 0 Å². The summed E-state index contributed by atoms with van der Waals surface area (Å²) in [6.07, 6.45) is 0. The van der Waals surface area contributed by atoms with Gasteiger partial charge in [0.1, 0.15) is 0 Å². The highest BCUT2D eigenvalue weighted by atomic mass is 32.2. The molecule has 0 aromatic heterocycles. The van der Waals surface area contributed by atoms with Gasteiger partial charge in [0.2, 0.25) is 0 Å². The van der Waals surface area contributed by atoms with E-state index < -0.39 is 0 Å². The molecule has 5 aromatic rings. The molecule has 1 nitrogen and oxygen atoms in total. The van der Waals surface area contributed by atoms with Gasteiger partial charge in [0.15, 0.2) is 0 Å². The van der Waals surface area contributed by atoms with Crippen molar-refractivity contribution in [3.05, 3.63) is 126 Å². The number of rotatable bonds is 4. The summed E-state index contributed by atoms with van der Waals surface area (Å²) >= 11 is 3.75. The Morgan fingerprint density at radius 1 is 0.457 bits per heavy atom. The minimum Gasteiger partial charge on any atom is -0.311 e. The average molecular weight is 488 g/mol. The molecule has 0 atom stereocenters. The lowest BCUT2D eigenvalue weighted by Crippen LogP contribution is -2.09. The van der Waals surface area contributed by atoms with Crippen LogP contribution in [0.3, 0.4) is 0 Å². The zero-order valence-electron chi connectivity index (χ0n) is 19.7. The normalized spacial score (nSPS) is 12.1. The lowest BCUT2D eigenvalue weighted by molar-refractivity contribution is 1.16. The van der Waals surface area contributed by atoms with Crippen molar-refractivity contribution in [3.8, 4) is 11.1 Å². The van der Waals surface area contributed by atoms with E-state index in [1.54, 1.807) is 0 Å². The van der Waals surface area contributed by atoms with Crippen LogP contribution in [0.25, 0.3) is 11.1 Å². The predicted octanol–water partition coefficient (Wildman–Crippen LogP) is 10.1. The SMILES string of the molecule is Cc1ccc(N(c2ccc(C)cc2)c2ccc(-c3cccc4c3Sc3ccccc3S4)cc2)cc1. The van der Waals surface area contributed by atoms with E-state index in [1.807, 2.05) is 23.5 Å².